The Balaban J connectivity index is 1.29. The number of pyridine rings is 1. The molecule has 6 heteroatoms. The number of nitrogens with zero attached hydrogens (tertiary/aromatic N) is 3. The lowest BCUT2D eigenvalue weighted by atomic mass is 10.1. The van der Waals surface area contributed by atoms with Gasteiger partial charge in [-0.25, -0.2) is 4.98 Å². The van der Waals surface area contributed by atoms with Crippen molar-refractivity contribution in [3.05, 3.63) is 76.1 Å². The molecule has 1 aliphatic heterocycles. The van der Waals surface area contributed by atoms with Gasteiger partial charge >= 0.3 is 0 Å². The van der Waals surface area contributed by atoms with Crippen molar-refractivity contribution in [2.45, 2.75) is 26.3 Å². The number of rotatable bonds is 6. The molecule has 0 aliphatic carbocycles. The van der Waals surface area contributed by atoms with Crippen LogP contribution in [0.5, 0.6) is 0 Å². The number of hydrogen-bond acceptors (Lipinski definition) is 5. The maximum Gasteiger partial charge on any atom is 0.229 e. The molecule has 0 bridgehead atoms. The van der Waals surface area contributed by atoms with Crippen LogP contribution in [0.25, 0.3) is 0 Å². The SMILES string of the molecule is Cc1ccc(CN2CCCN(c3ccc(NC(=O)Cc4cccs4)cn3)CC2)cc1. The van der Waals surface area contributed by atoms with Crippen LogP contribution in [0.15, 0.2) is 60.1 Å². The zero-order valence-electron chi connectivity index (χ0n) is 17.4. The first-order chi connectivity index (χ1) is 14.7. The number of benzene rings is 1. The number of hydrogen-bond donors (Lipinski definition) is 1. The van der Waals surface area contributed by atoms with Gasteiger partial charge in [-0.1, -0.05) is 35.9 Å². The molecule has 4 rings (SSSR count). The Kier molecular flexibility index (Phi) is 6.77. The Morgan fingerprint density at radius 3 is 2.67 bits per heavy atom. The van der Waals surface area contributed by atoms with Crippen molar-refractivity contribution in [1.29, 1.82) is 0 Å². The number of carbonyl (C=O) groups is 1. The van der Waals surface area contributed by atoms with Crippen LogP contribution < -0.4 is 10.2 Å². The van der Waals surface area contributed by atoms with Gasteiger partial charge in [0.1, 0.15) is 5.82 Å². The van der Waals surface area contributed by atoms with E-state index in [1.165, 1.54) is 11.1 Å². The molecule has 0 radical (unpaired) electrons. The third-order valence-electron chi connectivity index (χ3n) is 5.39. The third kappa shape index (κ3) is 5.68. The van der Waals surface area contributed by atoms with Gasteiger partial charge in [-0.3, -0.25) is 9.69 Å². The van der Waals surface area contributed by atoms with E-state index in [9.17, 15) is 4.79 Å². The van der Waals surface area contributed by atoms with Gasteiger partial charge in [0.15, 0.2) is 0 Å². The van der Waals surface area contributed by atoms with Gasteiger partial charge in [-0.15, -0.1) is 11.3 Å². The Labute approximate surface area is 182 Å². The fraction of sp³-hybridized carbons (Fsp3) is 0.333. The molecule has 1 N–H and O–H groups in total. The molecular formula is C24H28N4OS. The second-order valence-electron chi connectivity index (χ2n) is 7.81. The largest absolute Gasteiger partial charge is 0.355 e. The second-order valence-corrected chi connectivity index (χ2v) is 8.84. The standard InChI is InChI=1S/C24H28N4OS/c1-19-5-7-20(8-6-19)18-27-11-3-12-28(14-13-27)23-10-9-21(17-25-23)26-24(29)16-22-4-2-15-30-22/h2,4-10,15,17H,3,11-14,16,18H2,1H3,(H,26,29). The van der Waals surface area contributed by atoms with Gasteiger partial charge in [0.05, 0.1) is 18.3 Å². The summed E-state index contributed by atoms with van der Waals surface area (Å²) in [6.45, 7) is 7.21. The van der Waals surface area contributed by atoms with Crippen LogP contribution in [0.1, 0.15) is 22.4 Å². The van der Waals surface area contributed by atoms with Crippen molar-refractivity contribution in [2.75, 3.05) is 36.4 Å². The Morgan fingerprint density at radius 1 is 1.07 bits per heavy atom. The minimum atomic E-state index is -0.00600. The predicted octanol–water partition coefficient (Wildman–Crippen LogP) is 4.35. The quantitative estimate of drug-likeness (QED) is 0.644. The van der Waals surface area contributed by atoms with Crippen molar-refractivity contribution in [3.8, 4) is 0 Å². The maximum absolute atomic E-state index is 12.2. The molecule has 5 nitrogen and oxygen atoms in total. The van der Waals surface area contributed by atoms with Crippen LogP contribution in [-0.2, 0) is 17.8 Å². The highest BCUT2D eigenvalue weighted by Gasteiger charge is 2.16. The monoisotopic (exact) mass is 420 g/mol. The second kappa shape index (κ2) is 9.87. The van der Waals surface area contributed by atoms with Crippen molar-refractivity contribution >= 4 is 28.7 Å². The van der Waals surface area contributed by atoms with E-state index < -0.39 is 0 Å². The van der Waals surface area contributed by atoms with E-state index in [1.54, 1.807) is 17.5 Å². The summed E-state index contributed by atoms with van der Waals surface area (Å²) >= 11 is 1.60. The molecule has 30 heavy (non-hydrogen) atoms. The number of carbonyl (C=O) groups excluding carboxylic acids is 1. The highest BCUT2D eigenvalue weighted by molar-refractivity contribution is 7.10. The van der Waals surface area contributed by atoms with E-state index >= 15 is 0 Å². The molecule has 2 aromatic heterocycles. The molecule has 3 aromatic rings. The minimum Gasteiger partial charge on any atom is -0.355 e. The average Bonchev–Trinajstić information content (AvgIpc) is 3.14. The number of nitrogens with one attached hydrogen (secondary N) is 1. The van der Waals surface area contributed by atoms with Gasteiger partial charge in [0.2, 0.25) is 5.91 Å². The van der Waals surface area contributed by atoms with Crippen molar-refractivity contribution in [1.82, 2.24) is 9.88 Å². The topological polar surface area (TPSA) is 48.5 Å². The predicted molar refractivity (Wildman–Crippen MR) is 124 cm³/mol. The molecule has 1 saturated heterocycles. The number of aromatic nitrogens is 1. The molecule has 1 aromatic carbocycles. The lowest BCUT2D eigenvalue weighted by Gasteiger charge is -2.23. The lowest BCUT2D eigenvalue weighted by Crippen LogP contribution is -2.31. The maximum atomic E-state index is 12.2. The Bertz CT molecular complexity index is 938. The normalized spacial score (nSPS) is 15.0. The summed E-state index contributed by atoms with van der Waals surface area (Å²) in [4.78, 5) is 22.7. The highest BCUT2D eigenvalue weighted by Crippen LogP contribution is 2.18. The first kappa shape index (κ1) is 20.6. The molecule has 1 fully saturated rings. The summed E-state index contributed by atoms with van der Waals surface area (Å²) < 4.78 is 0. The zero-order chi connectivity index (χ0) is 20.8. The smallest absolute Gasteiger partial charge is 0.229 e. The van der Waals surface area contributed by atoms with E-state index in [4.69, 9.17) is 0 Å². The first-order valence-corrected chi connectivity index (χ1v) is 11.3. The van der Waals surface area contributed by atoms with E-state index in [-0.39, 0.29) is 5.91 Å². The van der Waals surface area contributed by atoms with Gasteiger partial charge in [-0.05, 0) is 42.5 Å². The Morgan fingerprint density at radius 2 is 1.93 bits per heavy atom. The van der Waals surface area contributed by atoms with Gasteiger partial charge in [0, 0.05) is 37.6 Å². The van der Waals surface area contributed by atoms with Crippen LogP contribution in [0.4, 0.5) is 11.5 Å². The summed E-state index contributed by atoms with van der Waals surface area (Å²) in [7, 11) is 0. The van der Waals surface area contributed by atoms with Crippen molar-refractivity contribution in [2.24, 2.45) is 0 Å². The number of amides is 1. The minimum absolute atomic E-state index is 0.00600. The molecule has 1 amide bonds. The summed E-state index contributed by atoms with van der Waals surface area (Å²) in [6, 6.07) is 16.7. The van der Waals surface area contributed by atoms with Crippen molar-refractivity contribution < 1.29 is 4.79 Å². The number of thiophene rings is 1. The third-order valence-corrected chi connectivity index (χ3v) is 6.26. The van der Waals surface area contributed by atoms with Gasteiger partial charge in [0.25, 0.3) is 0 Å². The van der Waals surface area contributed by atoms with E-state index in [2.05, 4.69) is 51.3 Å². The van der Waals surface area contributed by atoms with Crippen LogP contribution >= 0.6 is 11.3 Å². The van der Waals surface area contributed by atoms with Crippen LogP contribution in [0, 0.1) is 6.92 Å². The van der Waals surface area contributed by atoms with Crippen LogP contribution in [-0.4, -0.2) is 42.0 Å². The highest BCUT2D eigenvalue weighted by atomic mass is 32.1. The van der Waals surface area contributed by atoms with E-state index in [0.29, 0.717) is 6.42 Å². The zero-order valence-corrected chi connectivity index (χ0v) is 18.2. The van der Waals surface area contributed by atoms with Gasteiger partial charge in [-0.2, -0.15) is 0 Å². The molecule has 1 aliphatic rings. The molecule has 156 valence electrons. The lowest BCUT2D eigenvalue weighted by molar-refractivity contribution is -0.115. The van der Waals surface area contributed by atoms with Crippen LogP contribution in [0.2, 0.25) is 0 Å². The van der Waals surface area contributed by atoms with Gasteiger partial charge < -0.3 is 10.2 Å². The molecule has 0 atom stereocenters. The summed E-state index contributed by atoms with van der Waals surface area (Å²) in [5.41, 5.74) is 3.42. The summed E-state index contributed by atoms with van der Waals surface area (Å²) in [6.07, 6.45) is 3.28. The molecular weight excluding hydrogens is 392 g/mol. The molecule has 0 saturated carbocycles. The van der Waals surface area contributed by atoms with E-state index in [0.717, 1.165) is 55.5 Å². The van der Waals surface area contributed by atoms with Crippen molar-refractivity contribution in [3.63, 3.8) is 0 Å². The number of aryl methyl sites for hydroxylation is 1. The van der Waals surface area contributed by atoms with Crippen LogP contribution in [0.3, 0.4) is 0 Å². The summed E-state index contributed by atoms with van der Waals surface area (Å²) in [5.74, 6) is 0.969. The first-order valence-electron chi connectivity index (χ1n) is 10.5. The molecule has 0 unspecified atom stereocenters. The Hall–Kier alpha value is -2.70. The molecule has 0 spiro atoms. The average molecular weight is 421 g/mol. The molecule has 3 heterocycles. The fourth-order valence-corrected chi connectivity index (χ4v) is 4.44. The number of anilines is 2. The van der Waals surface area contributed by atoms with E-state index in [1.807, 2.05) is 29.6 Å². The summed E-state index contributed by atoms with van der Waals surface area (Å²) in [5, 5.41) is 4.93. The fourth-order valence-electron chi connectivity index (χ4n) is 3.73.